The maximum atomic E-state index is 11.6. The van der Waals surface area contributed by atoms with Crippen molar-refractivity contribution in [2.45, 2.75) is 35.7 Å². The van der Waals surface area contributed by atoms with Gasteiger partial charge in [0.1, 0.15) is 0 Å². The third-order valence-electron chi connectivity index (χ3n) is 1.17. The molecule has 0 aliphatic heterocycles. The van der Waals surface area contributed by atoms with Gasteiger partial charge in [0.15, 0.2) is 3.79 Å². The molecule has 0 atom stereocenters. The lowest BCUT2D eigenvalue weighted by Gasteiger charge is -2.10. The zero-order chi connectivity index (χ0) is 9.83. The molecule has 0 saturated heterocycles. The van der Waals surface area contributed by atoms with Crippen LogP contribution in [0.15, 0.2) is 0 Å². The van der Waals surface area contributed by atoms with E-state index in [1.165, 1.54) is 0 Å². The average molecular weight is 243 g/mol. The van der Waals surface area contributed by atoms with Crippen molar-refractivity contribution in [2.24, 2.45) is 0 Å². The van der Waals surface area contributed by atoms with E-state index >= 15 is 0 Å². The van der Waals surface area contributed by atoms with Gasteiger partial charge in [0.05, 0.1) is 0 Å². The molecule has 0 N–H and O–H groups in total. The molecule has 12 heavy (non-hydrogen) atoms. The second kappa shape index (κ2) is 4.77. The van der Waals surface area contributed by atoms with Crippen LogP contribution in [0.1, 0.15) is 25.7 Å². The summed E-state index contributed by atoms with van der Waals surface area (Å²) in [4.78, 5) is 0. The van der Waals surface area contributed by atoms with E-state index in [2.05, 4.69) is 0 Å². The highest BCUT2D eigenvalue weighted by Crippen LogP contribution is 2.33. The average Bonchev–Trinajstić information content (AvgIpc) is 1.76. The van der Waals surface area contributed by atoms with E-state index in [9.17, 15) is 13.2 Å². The Morgan fingerprint density at radius 3 is 1.58 bits per heavy atom. The summed E-state index contributed by atoms with van der Waals surface area (Å²) < 4.78 is 33.3. The predicted molar refractivity (Wildman–Crippen MR) is 44.8 cm³/mol. The molecule has 6 heteroatoms. The quantitative estimate of drug-likeness (QED) is 0.506. The summed E-state index contributed by atoms with van der Waals surface area (Å²) in [5.41, 5.74) is 0. The van der Waals surface area contributed by atoms with Crippen LogP contribution < -0.4 is 0 Å². The molecule has 0 radical (unpaired) electrons. The van der Waals surface area contributed by atoms with Gasteiger partial charge in [-0.1, -0.05) is 34.8 Å². The van der Waals surface area contributed by atoms with E-state index in [0.717, 1.165) is 0 Å². The van der Waals surface area contributed by atoms with Crippen molar-refractivity contribution in [2.75, 3.05) is 0 Å². The van der Waals surface area contributed by atoms with E-state index < -0.39 is 16.4 Å². The number of halogens is 6. The van der Waals surface area contributed by atoms with Crippen LogP contribution in [0.2, 0.25) is 0 Å². The Bertz CT molecular complexity index is 111. The lowest BCUT2D eigenvalue weighted by atomic mass is 10.2. The molecule has 0 rings (SSSR count). The molecule has 0 nitrogen and oxygen atoms in total. The van der Waals surface area contributed by atoms with E-state index in [4.69, 9.17) is 34.8 Å². The van der Waals surface area contributed by atoms with Gasteiger partial charge in [-0.2, -0.15) is 13.2 Å². The van der Waals surface area contributed by atoms with Gasteiger partial charge >= 0.3 is 6.18 Å². The standard InChI is InChI=1S/C6H8Cl3F3/c7-5(8,9)3-1-2-4-6(10,11)12/h1-4H2. The highest BCUT2D eigenvalue weighted by atomic mass is 35.6. The fraction of sp³-hybridized carbons (Fsp3) is 1.00. The fourth-order valence-corrected chi connectivity index (χ4v) is 1.05. The minimum absolute atomic E-state index is 0.0113. The van der Waals surface area contributed by atoms with Crippen molar-refractivity contribution < 1.29 is 13.2 Å². The van der Waals surface area contributed by atoms with Gasteiger partial charge in [-0.05, 0) is 19.3 Å². The number of hydrogen-bond donors (Lipinski definition) is 0. The number of hydrogen-bond acceptors (Lipinski definition) is 0. The van der Waals surface area contributed by atoms with Gasteiger partial charge in [-0.25, -0.2) is 0 Å². The summed E-state index contributed by atoms with van der Waals surface area (Å²) in [6.07, 6.45) is -4.47. The van der Waals surface area contributed by atoms with E-state index in [1.54, 1.807) is 0 Å². The van der Waals surface area contributed by atoms with Gasteiger partial charge in [-0.3, -0.25) is 0 Å². The first-order valence-electron chi connectivity index (χ1n) is 3.34. The first kappa shape index (κ1) is 12.7. The molecule has 0 aromatic carbocycles. The maximum Gasteiger partial charge on any atom is 0.389 e. The van der Waals surface area contributed by atoms with Crippen molar-refractivity contribution in [3.8, 4) is 0 Å². The molecule has 0 aliphatic carbocycles. The van der Waals surface area contributed by atoms with Crippen molar-refractivity contribution in [3.05, 3.63) is 0 Å². The summed E-state index contributed by atoms with van der Waals surface area (Å²) in [5, 5.41) is 0. The summed E-state index contributed by atoms with van der Waals surface area (Å²) in [6, 6.07) is 0. The molecule has 0 spiro atoms. The summed E-state index contributed by atoms with van der Waals surface area (Å²) in [5.74, 6) is 0. The molecule has 0 aromatic heterocycles. The number of alkyl halides is 6. The molecule has 0 aliphatic rings. The largest absolute Gasteiger partial charge is 0.389 e. The molecule has 0 saturated carbocycles. The van der Waals surface area contributed by atoms with Crippen LogP contribution in [0.25, 0.3) is 0 Å². The summed E-state index contributed by atoms with van der Waals surface area (Å²) in [7, 11) is 0. The predicted octanol–water partition coefficient (Wildman–Crippen LogP) is 4.48. The Labute approximate surface area is 84.0 Å². The lowest BCUT2D eigenvalue weighted by molar-refractivity contribution is -0.135. The van der Waals surface area contributed by atoms with Gasteiger partial charge in [0.2, 0.25) is 0 Å². The smallest absolute Gasteiger partial charge is 0.171 e. The maximum absolute atomic E-state index is 11.6. The Balaban J connectivity index is 3.35. The molecular formula is C6H8Cl3F3. The fourth-order valence-electron chi connectivity index (χ4n) is 0.651. The molecule has 74 valence electrons. The second-order valence-corrected chi connectivity index (χ2v) is 4.95. The lowest BCUT2D eigenvalue weighted by Crippen LogP contribution is -2.08. The highest BCUT2D eigenvalue weighted by Gasteiger charge is 2.27. The van der Waals surface area contributed by atoms with Crippen LogP contribution in [0.3, 0.4) is 0 Å². The zero-order valence-electron chi connectivity index (χ0n) is 6.10. The zero-order valence-corrected chi connectivity index (χ0v) is 8.36. The summed E-state index contributed by atoms with van der Waals surface area (Å²) >= 11 is 16.0. The first-order chi connectivity index (χ1) is 5.21. The minimum atomic E-state index is -4.10. The third-order valence-corrected chi connectivity index (χ3v) is 1.74. The number of unbranched alkanes of at least 4 members (excludes halogenated alkanes) is 1. The van der Waals surface area contributed by atoms with Crippen molar-refractivity contribution >= 4 is 34.8 Å². The van der Waals surface area contributed by atoms with Crippen LogP contribution in [0.4, 0.5) is 13.2 Å². The van der Waals surface area contributed by atoms with E-state index in [0.29, 0.717) is 0 Å². The van der Waals surface area contributed by atoms with Crippen molar-refractivity contribution in [3.63, 3.8) is 0 Å². The van der Waals surface area contributed by atoms with Crippen LogP contribution in [-0.2, 0) is 0 Å². The molecule has 0 amide bonds. The van der Waals surface area contributed by atoms with Crippen LogP contribution in [0.5, 0.6) is 0 Å². The molecule has 0 unspecified atom stereocenters. The van der Waals surface area contributed by atoms with Crippen LogP contribution in [-0.4, -0.2) is 9.97 Å². The van der Waals surface area contributed by atoms with Crippen LogP contribution in [0, 0.1) is 0 Å². The van der Waals surface area contributed by atoms with Crippen LogP contribution >= 0.6 is 34.8 Å². The SMILES string of the molecule is FC(F)(F)CCCCC(Cl)(Cl)Cl. The molecule has 0 bridgehead atoms. The Hall–Kier alpha value is 0.660. The molecule has 0 aromatic rings. The topological polar surface area (TPSA) is 0 Å². The number of rotatable bonds is 3. The normalized spacial score (nSPS) is 13.5. The van der Waals surface area contributed by atoms with Gasteiger partial charge in [-0.15, -0.1) is 0 Å². The Morgan fingerprint density at radius 2 is 1.25 bits per heavy atom. The highest BCUT2D eigenvalue weighted by molar-refractivity contribution is 6.67. The second-order valence-electron chi connectivity index (χ2n) is 2.44. The molecular weight excluding hydrogens is 235 g/mol. The Kier molecular flexibility index (Phi) is 5.04. The molecule has 0 heterocycles. The van der Waals surface area contributed by atoms with E-state index in [1.807, 2.05) is 0 Å². The van der Waals surface area contributed by atoms with Gasteiger partial charge < -0.3 is 0 Å². The van der Waals surface area contributed by atoms with Gasteiger partial charge in [0, 0.05) is 6.42 Å². The molecule has 0 fully saturated rings. The van der Waals surface area contributed by atoms with E-state index in [-0.39, 0.29) is 19.3 Å². The van der Waals surface area contributed by atoms with Crippen molar-refractivity contribution in [1.82, 2.24) is 0 Å². The Morgan fingerprint density at radius 1 is 0.833 bits per heavy atom. The van der Waals surface area contributed by atoms with Gasteiger partial charge in [0.25, 0.3) is 0 Å². The third kappa shape index (κ3) is 10.7. The monoisotopic (exact) mass is 242 g/mol. The van der Waals surface area contributed by atoms with Crippen molar-refractivity contribution in [1.29, 1.82) is 0 Å². The minimum Gasteiger partial charge on any atom is -0.171 e. The summed E-state index contributed by atoms with van der Waals surface area (Å²) in [6.45, 7) is 0. The first-order valence-corrected chi connectivity index (χ1v) is 4.47.